The predicted octanol–water partition coefficient (Wildman–Crippen LogP) is 0.659. The monoisotopic (exact) mass is 266 g/mol. The molecule has 96 valence electrons. The van der Waals surface area contributed by atoms with Crippen molar-refractivity contribution in [2.75, 3.05) is 36.9 Å². The SMILES string of the molecule is CCCNCCS(=O)(=O)NCC1CCSC1. The van der Waals surface area contributed by atoms with Crippen molar-refractivity contribution in [3.05, 3.63) is 0 Å². The molecule has 0 saturated carbocycles. The Morgan fingerprint density at radius 2 is 2.19 bits per heavy atom. The van der Waals surface area contributed by atoms with Gasteiger partial charge in [-0.2, -0.15) is 11.8 Å². The summed E-state index contributed by atoms with van der Waals surface area (Å²) in [5, 5.41) is 3.10. The number of nitrogens with one attached hydrogen (secondary N) is 2. The molecule has 0 radical (unpaired) electrons. The zero-order chi connectivity index (χ0) is 11.9. The van der Waals surface area contributed by atoms with Gasteiger partial charge in [-0.05, 0) is 36.8 Å². The largest absolute Gasteiger partial charge is 0.316 e. The molecule has 0 aliphatic carbocycles. The summed E-state index contributed by atoms with van der Waals surface area (Å²) in [5.74, 6) is 2.98. The van der Waals surface area contributed by atoms with Gasteiger partial charge < -0.3 is 5.32 Å². The quantitative estimate of drug-likeness (QED) is 0.634. The van der Waals surface area contributed by atoms with Gasteiger partial charge >= 0.3 is 0 Å². The molecular weight excluding hydrogens is 244 g/mol. The van der Waals surface area contributed by atoms with Crippen LogP contribution in [0.5, 0.6) is 0 Å². The van der Waals surface area contributed by atoms with E-state index in [0.717, 1.165) is 25.1 Å². The molecular formula is C10H22N2O2S2. The van der Waals surface area contributed by atoms with E-state index in [1.54, 1.807) is 0 Å². The van der Waals surface area contributed by atoms with Crippen molar-refractivity contribution in [3.8, 4) is 0 Å². The molecule has 1 aliphatic rings. The first-order valence-electron chi connectivity index (χ1n) is 5.90. The van der Waals surface area contributed by atoms with E-state index in [-0.39, 0.29) is 5.75 Å². The average molecular weight is 266 g/mol. The van der Waals surface area contributed by atoms with Crippen LogP contribution in [0.2, 0.25) is 0 Å². The second kappa shape index (κ2) is 7.53. The fraction of sp³-hybridized carbons (Fsp3) is 1.00. The lowest BCUT2D eigenvalue weighted by atomic mass is 10.1. The second-order valence-corrected chi connectivity index (χ2v) is 7.22. The normalized spacial score (nSPS) is 21.4. The maximum Gasteiger partial charge on any atom is 0.212 e. The highest BCUT2D eigenvalue weighted by Gasteiger charge is 2.18. The minimum Gasteiger partial charge on any atom is -0.316 e. The molecule has 1 heterocycles. The van der Waals surface area contributed by atoms with Gasteiger partial charge in [0.05, 0.1) is 5.75 Å². The first-order valence-corrected chi connectivity index (χ1v) is 8.70. The van der Waals surface area contributed by atoms with Crippen LogP contribution in [0, 0.1) is 5.92 Å². The summed E-state index contributed by atoms with van der Waals surface area (Å²) in [7, 11) is -3.07. The molecule has 2 N–H and O–H groups in total. The highest BCUT2D eigenvalue weighted by molar-refractivity contribution is 7.99. The molecule has 1 unspecified atom stereocenters. The molecule has 1 fully saturated rings. The van der Waals surface area contributed by atoms with Crippen molar-refractivity contribution < 1.29 is 8.42 Å². The van der Waals surface area contributed by atoms with Crippen LogP contribution in [0.4, 0.5) is 0 Å². The third kappa shape index (κ3) is 6.08. The van der Waals surface area contributed by atoms with Crippen molar-refractivity contribution >= 4 is 21.8 Å². The van der Waals surface area contributed by atoms with Crippen molar-refractivity contribution in [2.24, 2.45) is 5.92 Å². The first-order chi connectivity index (χ1) is 7.64. The van der Waals surface area contributed by atoms with Crippen LogP contribution in [0.3, 0.4) is 0 Å². The fourth-order valence-corrected chi connectivity index (χ4v) is 3.90. The standard InChI is InChI=1S/C10H22N2O2S2/c1-2-4-11-5-7-16(13,14)12-8-10-3-6-15-9-10/h10-12H,2-9H2,1H3. The van der Waals surface area contributed by atoms with Crippen molar-refractivity contribution in [1.29, 1.82) is 0 Å². The molecule has 1 atom stereocenters. The molecule has 0 amide bonds. The zero-order valence-electron chi connectivity index (χ0n) is 9.87. The lowest BCUT2D eigenvalue weighted by molar-refractivity contribution is 0.543. The Morgan fingerprint density at radius 3 is 2.81 bits per heavy atom. The lowest BCUT2D eigenvalue weighted by Gasteiger charge is -2.10. The number of rotatable bonds is 8. The third-order valence-corrected chi connectivity index (χ3v) is 5.17. The van der Waals surface area contributed by atoms with E-state index in [9.17, 15) is 8.42 Å². The smallest absolute Gasteiger partial charge is 0.212 e. The van der Waals surface area contributed by atoms with E-state index in [2.05, 4.69) is 17.0 Å². The van der Waals surface area contributed by atoms with E-state index < -0.39 is 10.0 Å². The van der Waals surface area contributed by atoms with Crippen LogP contribution in [-0.4, -0.2) is 45.3 Å². The maximum atomic E-state index is 11.6. The molecule has 1 saturated heterocycles. The van der Waals surface area contributed by atoms with Crippen LogP contribution >= 0.6 is 11.8 Å². The van der Waals surface area contributed by atoms with Crippen molar-refractivity contribution in [1.82, 2.24) is 10.0 Å². The Bertz CT molecular complexity index is 275. The van der Waals surface area contributed by atoms with E-state index in [0.29, 0.717) is 19.0 Å². The van der Waals surface area contributed by atoms with Gasteiger partial charge in [0, 0.05) is 13.1 Å². The Labute approximate surface area is 103 Å². The van der Waals surface area contributed by atoms with Crippen molar-refractivity contribution in [3.63, 3.8) is 0 Å². The minimum absolute atomic E-state index is 0.187. The van der Waals surface area contributed by atoms with Gasteiger partial charge in [0.25, 0.3) is 0 Å². The molecule has 0 bridgehead atoms. The van der Waals surface area contributed by atoms with E-state index in [4.69, 9.17) is 0 Å². The summed E-state index contributed by atoms with van der Waals surface area (Å²) in [5.41, 5.74) is 0. The van der Waals surface area contributed by atoms with Crippen LogP contribution in [-0.2, 0) is 10.0 Å². The Morgan fingerprint density at radius 1 is 1.38 bits per heavy atom. The van der Waals surface area contributed by atoms with E-state index in [1.807, 2.05) is 11.8 Å². The molecule has 0 aromatic carbocycles. The molecule has 0 spiro atoms. The fourth-order valence-electron chi connectivity index (χ4n) is 1.57. The number of thioether (sulfide) groups is 1. The van der Waals surface area contributed by atoms with Crippen LogP contribution < -0.4 is 10.0 Å². The van der Waals surface area contributed by atoms with Crippen LogP contribution in [0.15, 0.2) is 0 Å². The Balaban J connectivity index is 2.12. The molecule has 0 aromatic heterocycles. The van der Waals surface area contributed by atoms with Gasteiger partial charge in [-0.1, -0.05) is 6.92 Å². The number of hydrogen-bond donors (Lipinski definition) is 2. The van der Waals surface area contributed by atoms with Gasteiger partial charge in [0.2, 0.25) is 10.0 Å². The van der Waals surface area contributed by atoms with Gasteiger partial charge in [0.15, 0.2) is 0 Å². The average Bonchev–Trinajstić information content (AvgIpc) is 2.75. The number of hydrogen-bond acceptors (Lipinski definition) is 4. The summed E-state index contributed by atoms with van der Waals surface area (Å²) in [6.07, 6.45) is 2.17. The van der Waals surface area contributed by atoms with Gasteiger partial charge in [-0.15, -0.1) is 0 Å². The lowest BCUT2D eigenvalue weighted by Crippen LogP contribution is -2.35. The second-order valence-electron chi connectivity index (χ2n) is 4.15. The molecule has 4 nitrogen and oxygen atoms in total. The summed E-state index contributed by atoms with van der Waals surface area (Å²) < 4.78 is 25.9. The summed E-state index contributed by atoms with van der Waals surface area (Å²) in [6, 6.07) is 0. The number of sulfonamides is 1. The van der Waals surface area contributed by atoms with Crippen LogP contribution in [0.1, 0.15) is 19.8 Å². The molecule has 6 heteroatoms. The Hall–Kier alpha value is 0.220. The molecule has 1 rings (SSSR count). The first kappa shape index (κ1) is 14.3. The van der Waals surface area contributed by atoms with Gasteiger partial charge in [0.1, 0.15) is 0 Å². The van der Waals surface area contributed by atoms with Crippen molar-refractivity contribution in [2.45, 2.75) is 19.8 Å². The predicted molar refractivity (Wildman–Crippen MR) is 70.4 cm³/mol. The van der Waals surface area contributed by atoms with Gasteiger partial charge in [-0.25, -0.2) is 13.1 Å². The topological polar surface area (TPSA) is 58.2 Å². The maximum absolute atomic E-state index is 11.6. The summed E-state index contributed by atoms with van der Waals surface area (Å²) in [6.45, 7) is 4.11. The van der Waals surface area contributed by atoms with Crippen LogP contribution in [0.25, 0.3) is 0 Å². The highest BCUT2D eigenvalue weighted by atomic mass is 32.2. The molecule has 16 heavy (non-hydrogen) atoms. The summed E-state index contributed by atoms with van der Waals surface area (Å²) in [4.78, 5) is 0. The van der Waals surface area contributed by atoms with Gasteiger partial charge in [-0.3, -0.25) is 0 Å². The highest BCUT2D eigenvalue weighted by Crippen LogP contribution is 2.22. The molecule has 1 aliphatic heterocycles. The summed E-state index contributed by atoms with van der Waals surface area (Å²) >= 11 is 1.91. The zero-order valence-corrected chi connectivity index (χ0v) is 11.5. The molecule has 0 aromatic rings. The third-order valence-electron chi connectivity index (χ3n) is 2.59. The van der Waals surface area contributed by atoms with E-state index >= 15 is 0 Å². The minimum atomic E-state index is -3.07. The van der Waals surface area contributed by atoms with E-state index in [1.165, 1.54) is 5.75 Å². The Kier molecular flexibility index (Phi) is 6.72.